The minimum absolute atomic E-state index is 0.00442. The Bertz CT molecular complexity index is 634. The topological polar surface area (TPSA) is 57.5 Å². The van der Waals surface area contributed by atoms with E-state index in [9.17, 15) is 23.1 Å². The molecule has 0 amide bonds. The molecule has 20 heavy (non-hydrogen) atoms. The number of halogens is 3. The molecule has 0 saturated heterocycles. The standard InChI is InChI=1S/C13H9F3O3S/c14-13(15,16)8-3-1-2-7(6-8)10(17)11-9(12(18)19)4-5-20-11/h1-6,10,17H,(H,18,19). The van der Waals surface area contributed by atoms with E-state index in [-0.39, 0.29) is 16.0 Å². The molecule has 3 nitrogen and oxygen atoms in total. The number of carbonyl (C=O) groups is 1. The van der Waals surface area contributed by atoms with Crippen molar-refractivity contribution in [1.29, 1.82) is 0 Å². The molecule has 0 aliphatic rings. The summed E-state index contributed by atoms with van der Waals surface area (Å²) in [5.41, 5.74) is -0.993. The number of hydrogen-bond donors (Lipinski definition) is 2. The Balaban J connectivity index is 2.41. The maximum absolute atomic E-state index is 12.6. The van der Waals surface area contributed by atoms with Gasteiger partial charge in [-0.3, -0.25) is 0 Å². The zero-order chi connectivity index (χ0) is 14.9. The maximum atomic E-state index is 12.6. The van der Waals surface area contributed by atoms with Crippen molar-refractivity contribution >= 4 is 17.3 Å². The second-order valence-electron chi connectivity index (χ2n) is 4.03. The summed E-state index contributed by atoms with van der Waals surface area (Å²) in [6, 6.07) is 5.51. The van der Waals surface area contributed by atoms with Crippen molar-refractivity contribution in [2.24, 2.45) is 0 Å². The van der Waals surface area contributed by atoms with Crippen LogP contribution < -0.4 is 0 Å². The van der Waals surface area contributed by atoms with Gasteiger partial charge in [-0.2, -0.15) is 13.2 Å². The van der Waals surface area contributed by atoms with Crippen LogP contribution in [0.1, 0.15) is 32.5 Å². The lowest BCUT2D eigenvalue weighted by Gasteiger charge is -2.13. The molecular weight excluding hydrogens is 293 g/mol. The van der Waals surface area contributed by atoms with E-state index in [2.05, 4.69) is 0 Å². The number of aliphatic hydroxyl groups excluding tert-OH is 1. The first-order valence-electron chi connectivity index (χ1n) is 5.46. The Labute approximate surface area is 115 Å². The summed E-state index contributed by atoms with van der Waals surface area (Å²) in [7, 11) is 0. The molecule has 1 aromatic heterocycles. The number of benzene rings is 1. The van der Waals surface area contributed by atoms with Crippen molar-refractivity contribution in [3.63, 3.8) is 0 Å². The number of rotatable bonds is 3. The highest BCUT2D eigenvalue weighted by Gasteiger charge is 2.31. The molecule has 2 N–H and O–H groups in total. The van der Waals surface area contributed by atoms with Crippen LogP contribution in [0.25, 0.3) is 0 Å². The minimum Gasteiger partial charge on any atom is -0.478 e. The molecular formula is C13H9F3O3S. The average Bonchev–Trinajstić information content (AvgIpc) is 2.86. The Morgan fingerprint density at radius 3 is 2.55 bits per heavy atom. The van der Waals surface area contributed by atoms with Gasteiger partial charge in [0.25, 0.3) is 0 Å². The van der Waals surface area contributed by atoms with E-state index in [1.54, 1.807) is 0 Å². The highest BCUT2D eigenvalue weighted by molar-refractivity contribution is 7.10. The Morgan fingerprint density at radius 2 is 1.95 bits per heavy atom. The first-order valence-corrected chi connectivity index (χ1v) is 6.34. The van der Waals surface area contributed by atoms with Gasteiger partial charge in [-0.1, -0.05) is 12.1 Å². The summed E-state index contributed by atoms with van der Waals surface area (Å²) in [5, 5.41) is 20.5. The molecule has 1 aromatic carbocycles. The predicted molar refractivity (Wildman–Crippen MR) is 66.8 cm³/mol. The molecule has 0 bridgehead atoms. The van der Waals surface area contributed by atoms with Crippen LogP contribution in [-0.4, -0.2) is 16.2 Å². The van der Waals surface area contributed by atoms with Crippen molar-refractivity contribution in [3.8, 4) is 0 Å². The lowest BCUT2D eigenvalue weighted by Crippen LogP contribution is -2.08. The van der Waals surface area contributed by atoms with E-state index < -0.39 is 23.8 Å². The van der Waals surface area contributed by atoms with Crippen molar-refractivity contribution < 1.29 is 28.2 Å². The summed E-state index contributed by atoms with van der Waals surface area (Å²) in [5.74, 6) is -1.23. The van der Waals surface area contributed by atoms with Crippen LogP contribution in [0.15, 0.2) is 35.7 Å². The molecule has 0 fully saturated rings. The fraction of sp³-hybridized carbons (Fsp3) is 0.154. The van der Waals surface area contributed by atoms with Crippen LogP contribution in [0.3, 0.4) is 0 Å². The second-order valence-corrected chi connectivity index (χ2v) is 4.98. The number of thiophene rings is 1. The first kappa shape index (κ1) is 14.5. The Kier molecular flexibility index (Phi) is 3.82. The molecule has 0 radical (unpaired) electrons. The monoisotopic (exact) mass is 302 g/mol. The third kappa shape index (κ3) is 2.83. The molecule has 2 rings (SSSR count). The number of carboxylic acid groups (broad SMARTS) is 1. The lowest BCUT2D eigenvalue weighted by molar-refractivity contribution is -0.137. The molecule has 1 atom stereocenters. The summed E-state index contributed by atoms with van der Waals surface area (Å²) in [6.07, 6.45) is -5.91. The predicted octanol–water partition coefficient (Wildman–Crippen LogP) is 3.55. The van der Waals surface area contributed by atoms with E-state index in [1.807, 2.05) is 0 Å². The maximum Gasteiger partial charge on any atom is 0.416 e. The van der Waals surface area contributed by atoms with Crippen LogP contribution in [0.2, 0.25) is 0 Å². The van der Waals surface area contributed by atoms with Gasteiger partial charge in [0.15, 0.2) is 0 Å². The summed E-state index contributed by atoms with van der Waals surface area (Å²) in [6.45, 7) is 0. The number of carboxylic acids is 1. The smallest absolute Gasteiger partial charge is 0.416 e. The van der Waals surface area contributed by atoms with Gasteiger partial charge >= 0.3 is 12.1 Å². The molecule has 7 heteroatoms. The van der Waals surface area contributed by atoms with E-state index in [1.165, 1.54) is 23.6 Å². The van der Waals surface area contributed by atoms with E-state index in [4.69, 9.17) is 5.11 Å². The van der Waals surface area contributed by atoms with E-state index in [0.29, 0.717) is 0 Å². The van der Waals surface area contributed by atoms with Crippen LogP contribution in [0.5, 0.6) is 0 Å². The Hall–Kier alpha value is -1.86. The molecule has 106 valence electrons. The van der Waals surface area contributed by atoms with E-state index >= 15 is 0 Å². The highest BCUT2D eigenvalue weighted by Crippen LogP contribution is 2.34. The van der Waals surface area contributed by atoms with Crippen LogP contribution in [0.4, 0.5) is 13.2 Å². The SMILES string of the molecule is O=C(O)c1ccsc1C(O)c1cccc(C(F)(F)F)c1. The van der Waals surface area contributed by atoms with Crippen LogP contribution >= 0.6 is 11.3 Å². The fourth-order valence-electron chi connectivity index (χ4n) is 1.75. The van der Waals surface area contributed by atoms with Crippen molar-refractivity contribution in [2.45, 2.75) is 12.3 Å². The highest BCUT2D eigenvalue weighted by atomic mass is 32.1. The first-order chi connectivity index (χ1) is 9.30. The fourth-order valence-corrected chi connectivity index (χ4v) is 2.64. The van der Waals surface area contributed by atoms with Gasteiger partial charge in [-0.05, 0) is 29.1 Å². The van der Waals surface area contributed by atoms with Crippen LogP contribution in [-0.2, 0) is 6.18 Å². The minimum atomic E-state index is -4.51. The van der Waals surface area contributed by atoms with Crippen molar-refractivity contribution in [3.05, 3.63) is 57.3 Å². The summed E-state index contributed by atoms with van der Waals surface area (Å²) in [4.78, 5) is 11.1. The quantitative estimate of drug-likeness (QED) is 0.911. The molecule has 0 saturated carbocycles. The molecule has 1 unspecified atom stereocenters. The van der Waals surface area contributed by atoms with Gasteiger partial charge in [0.1, 0.15) is 6.10 Å². The molecule has 0 aliphatic heterocycles. The van der Waals surface area contributed by atoms with E-state index in [0.717, 1.165) is 23.5 Å². The normalized spacial score (nSPS) is 13.2. The van der Waals surface area contributed by atoms with Gasteiger partial charge in [-0.25, -0.2) is 4.79 Å². The second kappa shape index (κ2) is 5.26. The van der Waals surface area contributed by atoms with Gasteiger partial charge in [0.05, 0.1) is 16.0 Å². The number of aromatic carboxylic acids is 1. The van der Waals surface area contributed by atoms with Crippen molar-refractivity contribution in [2.75, 3.05) is 0 Å². The lowest BCUT2D eigenvalue weighted by atomic mass is 10.0. The third-order valence-electron chi connectivity index (χ3n) is 2.70. The van der Waals surface area contributed by atoms with Crippen molar-refractivity contribution in [1.82, 2.24) is 0 Å². The number of aliphatic hydroxyl groups is 1. The molecule has 0 aliphatic carbocycles. The van der Waals surface area contributed by atoms with Gasteiger partial charge in [0, 0.05) is 0 Å². The average molecular weight is 302 g/mol. The largest absolute Gasteiger partial charge is 0.478 e. The number of alkyl halides is 3. The summed E-state index contributed by atoms with van der Waals surface area (Å²) >= 11 is 0.982. The van der Waals surface area contributed by atoms with Crippen LogP contribution in [0, 0.1) is 0 Å². The molecule has 1 heterocycles. The third-order valence-corrected chi connectivity index (χ3v) is 3.67. The summed E-state index contributed by atoms with van der Waals surface area (Å²) < 4.78 is 37.8. The molecule has 0 spiro atoms. The van der Waals surface area contributed by atoms with Gasteiger partial charge in [0.2, 0.25) is 0 Å². The number of hydrogen-bond acceptors (Lipinski definition) is 3. The molecule has 2 aromatic rings. The van der Waals surface area contributed by atoms with Gasteiger partial charge < -0.3 is 10.2 Å². The Morgan fingerprint density at radius 1 is 1.25 bits per heavy atom. The van der Waals surface area contributed by atoms with Gasteiger partial charge in [-0.15, -0.1) is 11.3 Å². The zero-order valence-corrected chi connectivity index (χ0v) is 10.7. The zero-order valence-electron chi connectivity index (χ0n) is 9.89.